The quantitative estimate of drug-likeness (QED) is 0.514. The first kappa shape index (κ1) is 7.28. The first-order chi connectivity index (χ1) is 5.15. The van der Waals surface area contributed by atoms with E-state index in [1.165, 1.54) is 6.92 Å². The molecule has 1 aromatic heterocycles. The molecule has 1 aromatic rings. The maximum absolute atomic E-state index is 10.8. The van der Waals surface area contributed by atoms with E-state index >= 15 is 0 Å². The molecule has 0 fully saturated rings. The molecule has 0 bridgehead atoms. The van der Waals surface area contributed by atoms with Crippen molar-refractivity contribution in [1.29, 1.82) is 5.26 Å². The first-order valence-electron chi connectivity index (χ1n) is 2.83. The number of nitrogens with zero attached hydrogens (tertiary/aromatic N) is 2. The van der Waals surface area contributed by atoms with Crippen LogP contribution in [0.2, 0.25) is 0 Å². The van der Waals surface area contributed by atoms with Crippen molar-refractivity contribution in [3.05, 3.63) is 21.6 Å². The highest BCUT2D eigenvalue weighted by Crippen LogP contribution is 1.97. The average molecular weight is 150 g/mol. The molecule has 0 spiro atoms. The molecule has 0 aliphatic carbocycles. The second kappa shape index (κ2) is 2.42. The molecule has 5 heteroatoms. The van der Waals surface area contributed by atoms with Crippen LogP contribution in [0.5, 0.6) is 6.01 Å². The fourth-order valence-electron chi connectivity index (χ4n) is 0.692. The molecule has 0 unspecified atom stereocenters. The van der Waals surface area contributed by atoms with Crippen LogP contribution in [-0.4, -0.2) is 9.97 Å². The Morgan fingerprint density at radius 2 is 2.36 bits per heavy atom. The van der Waals surface area contributed by atoms with E-state index in [-0.39, 0.29) is 11.3 Å². The van der Waals surface area contributed by atoms with Gasteiger partial charge >= 0.3 is 0 Å². The smallest absolute Gasteiger partial charge is 0.268 e. The van der Waals surface area contributed by atoms with Gasteiger partial charge in [-0.3, -0.25) is 4.79 Å². The standard InChI is InChI=1S/C6H5N3O2/c1-3-4(2-7)5(10)9-6(11)8-3/h1H3,(H2,8,9,10,11)/p-1. The fourth-order valence-corrected chi connectivity index (χ4v) is 0.692. The van der Waals surface area contributed by atoms with Gasteiger partial charge < -0.3 is 10.1 Å². The lowest BCUT2D eigenvalue weighted by molar-refractivity contribution is -0.282. The lowest BCUT2D eigenvalue weighted by Gasteiger charge is -2.03. The molecule has 0 saturated carbocycles. The molecule has 0 atom stereocenters. The van der Waals surface area contributed by atoms with E-state index in [2.05, 4.69) is 4.98 Å². The van der Waals surface area contributed by atoms with Gasteiger partial charge in [0, 0.05) is 0 Å². The van der Waals surface area contributed by atoms with Gasteiger partial charge in [0.25, 0.3) is 5.56 Å². The van der Waals surface area contributed by atoms with E-state index in [1.807, 2.05) is 4.98 Å². The van der Waals surface area contributed by atoms with Gasteiger partial charge in [-0.05, 0) is 6.92 Å². The van der Waals surface area contributed by atoms with E-state index in [9.17, 15) is 9.90 Å². The first-order valence-corrected chi connectivity index (χ1v) is 2.83. The predicted molar refractivity (Wildman–Crippen MR) is 33.8 cm³/mol. The zero-order valence-corrected chi connectivity index (χ0v) is 5.71. The normalized spacial score (nSPS) is 9.09. The highest BCUT2D eigenvalue weighted by molar-refractivity contribution is 5.30. The van der Waals surface area contributed by atoms with Crippen LogP contribution in [0.1, 0.15) is 11.3 Å². The number of nitriles is 1. The molecule has 1 heterocycles. The topological polar surface area (TPSA) is 92.6 Å². The maximum Gasteiger partial charge on any atom is 0.268 e. The van der Waals surface area contributed by atoms with Gasteiger partial charge in [0.2, 0.25) is 0 Å². The molecule has 0 radical (unpaired) electrons. The van der Waals surface area contributed by atoms with Gasteiger partial charge in [-0.1, -0.05) is 0 Å². The summed E-state index contributed by atoms with van der Waals surface area (Å²) < 4.78 is 0. The summed E-state index contributed by atoms with van der Waals surface area (Å²) in [7, 11) is 0. The third kappa shape index (κ3) is 1.19. The Kier molecular flexibility index (Phi) is 1.60. The third-order valence-electron chi connectivity index (χ3n) is 1.19. The molecule has 0 amide bonds. The van der Waals surface area contributed by atoms with Crippen molar-refractivity contribution in [2.75, 3.05) is 0 Å². The summed E-state index contributed by atoms with van der Waals surface area (Å²) in [5.41, 5.74) is -0.615. The Labute approximate surface area is 61.9 Å². The molecule has 0 aliphatic rings. The molecule has 1 rings (SSSR count). The number of rotatable bonds is 0. The molecule has 0 aromatic carbocycles. The second-order valence-electron chi connectivity index (χ2n) is 1.94. The summed E-state index contributed by atoms with van der Waals surface area (Å²) in [5.74, 6) is 0. The van der Waals surface area contributed by atoms with Crippen LogP contribution in [0, 0.1) is 18.3 Å². The summed E-state index contributed by atoms with van der Waals surface area (Å²) in [6.45, 7) is 1.44. The third-order valence-corrected chi connectivity index (χ3v) is 1.19. The van der Waals surface area contributed by atoms with Crippen LogP contribution in [0.4, 0.5) is 0 Å². The number of aromatic amines is 1. The number of aromatic nitrogens is 2. The van der Waals surface area contributed by atoms with Crippen LogP contribution in [-0.2, 0) is 0 Å². The summed E-state index contributed by atoms with van der Waals surface area (Å²) in [4.78, 5) is 16.0. The molecule has 56 valence electrons. The molecule has 1 N–H and O–H groups in total. The van der Waals surface area contributed by atoms with Crippen molar-refractivity contribution >= 4 is 0 Å². The van der Waals surface area contributed by atoms with Gasteiger partial charge in [-0.2, -0.15) is 5.26 Å². The Morgan fingerprint density at radius 1 is 1.73 bits per heavy atom. The fraction of sp³-hybridized carbons (Fsp3) is 0.167. The molecular formula is C6H4N3O2-. The number of H-pyrrole nitrogens is 1. The van der Waals surface area contributed by atoms with E-state index in [0.717, 1.165) is 0 Å². The molecule has 0 aliphatic heterocycles. The van der Waals surface area contributed by atoms with E-state index < -0.39 is 11.6 Å². The van der Waals surface area contributed by atoms with Crippen molar-refractivity contribution in [2.24, 2.45) is 0 Å². The highest BCUT2D eigenvalue weighted by Gasteiger charge is 2.01. The zero-order chi connectivity index (χ0) is 8.43. The van der Waals surface area contributed by atoms with Gasteiger partial charge in [-0.25, -0.2) is 4.98 Å². The highest BCUT2D eigenvalue weighted by atomic mass is 16.3. The Balaban J connectivity index is 3.53. The minimum absolute atomic E-state index is 0.107. The average Bonchev–Trinajstić information content (AvgIpc) is 1.85. The summed E-state index contributed by atoms with van der Waals surface area (Å²) >= 11 is 0. The van der Waals surface area contributed by atoms with Crippen molar-refractivity contribution in [2.45, 2.75) is 6.92 Å². The lowest BCUT2D eigenvalue weighted by Crippen LogP contribution is -2.16. The van der Waals surface area contributed by atoms with Crippen LogP contribution in [0.25, 0.3) is 0 Å². The van der Waals surface area contributed by atoms with Gasteiger partial charge in [0.1, 0.15) is 11.6 Å². The summed E-state index contributed by atoms with van der Waals surface area (Å²) in [6, 6.07) is 0.929. The van der Waals surface area contributed by atoms with Crippen LogP contribution in [0.3, 0.4) is 0 Å². The van der Waals surface area contributed by atoms with Gasteiger partial charge in [-0.15, -0.1) is 0 Å². The van der Waals surface area contributed by atoms with Crippen LogP contribution in [0.15, 0.2) is 4.79 Å². The van der Waals surface area contributed by atoms with Gasteiger partial charge in [0.05, 0.1) is 11.7 Å². The SMILES string of the molecule is Cc1nc([O-])[nH]c(=O)c1C#N. The largest absolute Gasteiger partial charge is 0.846 e. The van der Waals surface area contributed by atoms with Gasteiger partial charge in [0.15, 0.2) is 0 Å². The Hall–Kier alpha value is -1.83. The van der Waals surface area contributed by atoms with Crippen molar-refractivity contribution in [3.8, 4) is 12.1 Å². The van der Waals surface area contributed by atoms with E-state index in [0.29, 0.717) is 0 Å². The number of hydrogen-bond acceptors (Lipinski definition) is 4. The van der Waals surface area contributed by atoms with Crippen molar-refractivity contribution < 1.29 is 5.11 Å². The van der Waals surface area contributed by atoms with Crippen LogP contribution >= 0.6 is 0 Å². The monoisotopic (exact) mass is 150 g/mol. The minimum atomic E-state index is -0.716. The second-order valence-corrected chi connectivity index (χ2v) is 1.94. The van der Waals surface area contributed by atoms with Crippen molar-refractivity contribution in [3.63, 3.8) is 0 Å². The number of nitrogens with one attached hydrogen (secondary N) is 1. The van der Waals surface area contributed by atoms with E-state index in [1.54, 1.807) is 6.07 Å². The van der Waals surface area contributed by atoms with Crippen molar-refractivity contribution in [1.82, 2.24) is 9.97 Å². The van der Waals surface area contributed by atoms with Crippen LogP contribution < -0.4 is 10.7 Å². The molecule has 5 nitrogen and oxygen atoms in total. The summed E-state index contributed by atoms with van der Waals surface area (Å²) in [6.07, 6.45) is 0. The maximum atomic E-state index is 10.8. The predicted octanol–water partition coefficient (Wildman–Crippen LogP) is -0.976. The molecule has 0 saturated heterocycles. The number of aryl methyl sites for hydroxylation is 1. The van der Waals surface area contributed by atoms with E-state index in [4.69, 9.17) is 5.26 Å². The molecule has 11 heavy (non-hydrogen) atoms. The lowest BCUT2D eigenvalue weighted by atomic mass is 10.3. The Bertz CT molecular complexity index is 374. The summed E-state index contributed by atoms with van der Waals surface area (Å²) in [5, 5.41) is 18.9. The Morgan fingerprint density at radius 3 is 2.82 bits per heavy atom. The molecular weight excluding hydrogens is 146 g/mol. The minimum Gasteiger partial charge on any atom is -0.846 e. The number of hydrogen-bond donors (Lipinski definition) is 1. The zero-order valence-electron chi connectivity index (χ0n) is 5.71.